The molecule has 0 saturated carbocycles. The fourth-order valence-electron chi connectivity index (χ4n) is 2.13. The van der Waals surface area contributed by atoms with Crippen molar-refractivity contribution in [1.82, 2.24) is 15.0 Å². The Kier molecular flexibility index (Phi) is 3.66. The van der Waals surface area contributed by atoms with Crippen molar-refractivity contribution >= 4 is 33.5 Å². The fraction of sp³-hybridized carbons (Fsp3) is 0.308. The Bertz CT molecular complexity index is 582. The first-order valence-electron chi connectivity index (χ1n) is 6.15. The van der Waals surface area contributed by atoms with Crippen LogP contribution in [0.25, 0.3) is 11.4 Å². The van der Waals surface area contributed by atoms with Crippen LogP contribution in [0.5, 0.6) is 0 Å². The van der Waals surface area contributed by atoms with Gasteiger partial charge in [0, 0.05) is 23.1 Å². The van der Waals surface area contributed by atoms with Crippen LogP contribution in [-0.2, 0) is 0 Å². The minimum atomic E-state index is 0.245. The number of hydrogen-bond acceptors (Lipinski definition) is 4. The first-order chi connectivity index (χ1) is 9.22. The fourth-order valence-corrected chi connectivity index (χ4v) is 2.55. The lowest BCUT2D eigenvalue weighted by Gasteiger charge is -2.15. The molecule has 0 unspecified atom stereocenters. The molecule has 0 amide bonds. The summed E-state index contributed by atoms with van der Waals surface area (Å²) in [5.41, 5.74) is 0.938. The minimum absolute atomic E-state index is 0.245. The number of anilines is 1. The van der Waals surface area contributed by atoms with Crippen molar-refractivity contribution in [2.45, 2.75) is 12.8 Å². The molecule has 98 valence electrons. The lowest BCUT2D eigenvalue weighted by molar-refractivity contribution is 0.883. The summed E-state index contributed by atoms with van der Waals surface area (Å²) in [6.45, 7) is 1.97. The van der Waals surface area contributed by atoms with Crippen molar-refractivity contribution in [2.75, 3.05) is 18.0 Å². The van der Waals surface area contributed by atoms with Crippen molar-refractivity contribution in [3.63, 3.8) is 0 Å². The summed E-state index contributed by atoms with van der Waals surface area (Å²) in [6.07, 6.45) is 2.35. The molecule has 1 aromatic carbocycles. The van der Waals surface area contributed by atoms with Crippen LogP contribution in [0.4, 0.5) is 5.95 Å². The third kappa shape index (κ3) is 2.87. The molecule has 2 heterocycles. The Labute approximate surface area is 125 Å². The first-order valence-corrected chi connectivity index (χ1v) is 7.32. The molecule has 0 radical (unpaired) electrons. The molecule has 1 saturated heterocycles. The van der Waals surface area contributed by atoms with Gasteiger partial charge < -0.3 is 4.90 Å². The van der Waals surface area contributed by atoms with Crippen LogP contribution in [0, 0.1) is 0 Å². The minimum Gasteiger partial charge on any atom is -0.341 e. The van der Waals surface area contributed by atoms with Crippen molar-refractivity contribution in [3.8, 4) is 11.4 Å². The van der Waals surface area contributed by atoms with Gasteiger partial charge in [-0.2, -0.15) is 15.0 Å². The molecular weight excluding hydrogens is 328 g/mol. The molecule has 0 aliphatic carbocycles. The third-order valence-corrected chi connectivity index (χ3v) is 3.79. The SMILES string of the molecule is Clc1nc(-c2ccc(Br)cc2)nc(N2CCCC2)n1. The molecule has 4 nitrogen and oxygen atoms in total. The standard InChI is InChI=1S/C13H12BrClN4/c14-10-5-3-9(4-6-10)11-16-12(15)18-13(17-11)19-7-1-2-8-19/h3-6H,1-2,7-8H2. The maximum absolute atomic E-state index is 6.01. The van der Waals surface area contributed by atoms with Gasteiger partial charge in [0.15, 0.2) is 5.82 Å². The Balaban J connectivity index is 1.99. The second-order valence-corrected chi connectivity index (χ2v) is 5.68. The third-order valence-electron chi connectivity index (χ3n) is 3.09. The molecular formula is C13H12BrClN4. The number of nitrogens with zero attached hydrogens (tertiary/aromatic N) is 4. The molecule has 19 heavy (non-hydrogen) atoms. The lowest BCUT2D eigenvalue weighted by Crippen LogP contribution is -2.21. The summed E-state index contributed by atoms with van der Waals surface area (Å²) < 4.78 is 1.02. The Morgan fingerprint density at radius 1 is 1.00 bits per heavy atom. The average Bonchev–Trinajstić information content (AvgIpc) is 2.93. The van der Waals surface area contributed by atoms with Crippen LogP contribution in [0.3, 0.4) is 0 Å². The number of hydrogen-bond donors (Lipinski definition) is 0. The van der Waals surface area contributed by atoms with E-state index in [0.29, 0.717) is 11.8 Å². The predicted octanol–water partition coefficient (Wildman–Crippen LogP) is 3.55. The van der Waals surface area contributed by atoms with Gasteiger partial charge in [0.2, 0.25) is 11.2 Å². The maximum Gasteiger partial charge on any atom is 0.230 e. The second-order valence-electron chi connectivity index (χ2n) is 4.43. The Morgan fingerprint density at radius 3 is 2.37 bits per heavy atom. The molecule has 2 aromatic rings. The van der Waals surface area contributed by atoms with Crippen LogP contribution in [0.2, 0.25) is 5.28 Å². The van der Waals surface area contributed by atoms with Crippen LogP contribution in [0.1, 0.15) is 12.8 Å². The topological polar surface area (TPSA) is 41.9 Å². The van der Waals surface area contributed by atoms with E-state index in [2.05, 4.69) is 35.8 Å². The van der Waals surface area contributed by atoms with Gasteiger partial charge in [-0.25, -0.2) is 0 Å². The van der Waals surface area contributed by atoms with E-state index in [4.69, 9.17) is 11.6 Å². The van der Waals surface area contributed by atoms with Gasteiger partial charge in [-0.15, -0.1) is 0 Å². The molecule has 0 N–H and O–H groups in total. The first kappa shape index (κ1) is 12.8. The average molecular weight is 340 g/mol. The number of halogens is 2. The summed E-state index contributed by atoms with van der Waals surface area (Å²) in [7, 11) is 0. The molecule has 0 bridgehead atoms. The van der Waals surface area contributed by atoms with Gasteiger partial charge >= 0.3 is 0 Å². The van der Waals surface area contributed by atoms with Crippen molar-refractivity contribution in [3.05, 3.63) is 34.0 Å². The predicted molar refractivity (Wildman–Crippen MR) is 79.4 cm³/mol. The zero-order valence-electron chi connectivity index (χ0n) is 10.2. The highest BCUT2D eigenvalue weighted by molar-refractivity contribution is 9.10. The van der Waals surface area contributed by atoms with E-state index in [-0.39, 0.29) is 5.28 Å². The van der Waals surface area contributed by atoms with Gasteiger partial charge in [-0.05, 0) is 36.6 Å². The van der Waals surface area contributed by atoms with E-state index in [1.165, 1.54) is 12.8 Å². The van der Waals surface area contributed by atoms with E-state index < -0.39 is 0 Å². The molecule has 1 aromatic heterocycles. The van der Waals surface area contributed by atoms with Crippen LogP contribution in [-0.4, -0.2) is 28.0 Å². The van der Waals surface area contributed by atoms with Gasteiger partial charge in [0.05, 0.1) is 0 Å². The highest BCUT2D eigenvalue weighted by atomic mass is 79.9. The number of rotatable bonds is 2. The summed E-state index contributed by atoms with van der Waals surface area (Å²) in [4.78, 5) is 15.1. The Morgan fingerprint density at radius 2 is 1.68 bits per heavy atom. The van der Waals surface area contributed by atoms with E-state index >= 15 is 0 Å². The smallest absolute Gasteiger partial charge is 0.230 e. The van der Waals surface area contributed by atoms with Crippen molar-refractivity contribution in [2.24, 2.45) is 0 Å². The second kappa shape index (κ2) is 5.43. The lowest BCUT2D eigenvalue weighted by atomic mass is 10.2. The molecule has 0 spiro atoms. The summed E-state index contributed by atoms with van der Waals surface area (Å²) >= 11 is 9.42. The monoisotopic (exact) mass is 338 g/mol. The molecule has 1 fully saturated rings. The van der Waals surface area contributed by atoms with Crippen molar-refractivity contribution in [1.29, 1.82) is 0 Å². The van der Waals surface area contributed by atoms with Crippen LogP contribution < -0.4 is 4.90 Å². The van der Waals surface area contributed by atoms with E-state index in [9.17, 15) is 0 Å². The largest absolute Gasteiger partial charge is 0.341 e. The highest BCUT2D eigenvalue weighted by Gasteiger charge is 2.17. The van der Waals surface area contributed by atoms with Crippen LogP contribution in [0.15, 0.2) is 28.7 Å². The van der Waals surface area contributed by atoms with Crippen molar-refractivity contribution < 1.29 is 0 Å². The van der Waals surface area contributed by atoms with Gasteiger partial charge in [-0.3, -0.25) is 0 Å². The molecule has 1 aliphatic rings. The maximum atomic E-state index is 6.01. The molecule has 1 aliphatic heterocycles. The van der Waals surface area contributed by atoms with E-state index in [1.807, 2.05) is 24.3 Å². The summed E-state index contributed by atoms with van der Waals surface area (Å²) in [5.74, 6) is 1.30. The van der Waals surface area contributed by atoms with Gasteiger partial charge in [0.25, 0.3) is 0 Å². The summed E-state index contributed by atoms with van der Waals surface area (Å²) in [5, 5.41) is 0.245. The highest BCUT2D eigenvalue weighted by Crippen LogP contribution is 2.23. The molecule has 0 atom stereocenters. The zero-order chi connectivity index (χ0) is 13.2. The zero-order valence-corrected chi connectivity index (χ0v) is 12.5. The summed E-state index contributed by atoms with van der Waals surface area (Å²) in [6, 6.07) is 7.85. The van der Waals surface area contributed by atoms with Crippen LogP contribution >= 0.6 is 27.5 Å². The Hall–Kier alpha value is -1.20. The van der Waals surface area contributed by atoms with Gasteiger partial charge in [-0.1, -0.05) is 28.1 Å². The quantitative estimate of drug-likeness (QED) is 0.839. The van der Waals surface area contributed by atoms with E-state index in [0.717, 1.165) is 23.1 Å². The molecule has 6 heteroatoms. The number of aromatic nitrogens is 3. The van der Waals surface area contributed by atoms with E-state index in [1.54, 1.807) is 0 Å². The van der Waals surface area contributed by atoms with Gasteiger partial charge in [0.1, 0.15) is 0 Å². The normalized spacial score (nSPS) is 14.9. The molecule has 3 rings (SSSR count). The number of benzene rings is 1.